The van der Waals surface area contributed by atoms with Crippen LogP contribution in [0, 0.1) is 0 Å². The summed E-state index contributed by atoms with van der Waals surface area (Å²) >= 11 is 0. The second-order valence-electron chi connectivity index (χ2n) is 9.31. The van der Waals surface area contributed by atoms with Gasteiger partial charge in [0.2, 0.25) is 0 Å². The summed E-state index contributed by atoms with van der Waals surface area (Å²) in [6.07, 6.45) is -10.1. The Balaban J connectivity index is 2.02. The Morgan fingerprint density at radius 3 is 1.87 bits per heavy atom. The zero-order valence-electron chi connectivity index (χ0n) is 20.5. The van der Waals surface area contributed by atoms with Crippen molar-refractivity contribution >= 4 is 23.3 Å². The number of hydrogen-bond donors (Lipinski definition) is 2. The molecule has 0 saturated heterocycles. The first kappa shape index (κ1) is 28.5. The van der Waals surface area contributed by atoms with Crippen LogP contribution >= 0.6 is 0 Å². The van der Waals surface area contributed by atoms with E-state index in [1.807, 2.05) is 0 Å². The average molecular weight is 538 g/mol. The Bertz CT molecular complexity index is 1300. The number of ether oxygens (including phenoxy) is 1. The monoisotopic (exact) mass is 538 g/mol. The molecule has 1 atom stereocenters. The zero-order valence-corrected chi connectivity index (χ0v) is 20.5. The summed E-state index contributed by atoms with van der Waals surface area (Å²) in [5, 5.41) is 5.39. The number of halogens is 6. The molecule has 1 unspecified atom stereocenters. The minimum Gasteiger partial charge on any atom is -0.444 e. The Labute approximate surface area is 214 Å². The standard InChI is InChI=1S/C27H24F6N2O3/c1-25(2,3)38-24(37)35-21-10-5-4-9-20(21)34-22(16-11-13-18(14-12-16)26(28,29)30)23(36)17-7-6-8-19(15-17)27(31,32)33/h4-15,22,34H,1-3H3,(H,35,37). The molecule has 3 aromatic carbocycles. The predicted octanol–water partition coefficient (Wildman–Crippen LogP) is 8.11. The lowest BCUT2D eigenvalue weighted by Gasteiger charge is -2.23. The highest BCUT2D eigenvalue weighted by Gasteiger charge is 2.33. The molecule has 0 spiro atoms. The molecule has 0 aliphatic carbocycles. The van der Waals surface area contributed by atoms with Crippen molar-refractivity contribution in [3.05, 3.63) is 95.1 Å². The molecule has 0 fully saturated rings. The maximum absolute atomic E-state index is 13.5. The fraction of sp³-hybridized carbons (Fsp3) is 0.259. The smallest absolute Gasteiger partial charge is 0.416 e. The number of nitrogens with one attached hydrogen (secondary N) is 2. The van der Waals surface area contributed by atoms with Gasteiger partial charge in [0.05, 0.1) is 22.5 Å². The van der Waals surface area contributed by atoms with E-state index in [9.17, 15) is 35.9 Å². The number of benzene rings is 3. The largest absolute Gasteiger partial charge is 0.444 e. The van der Waals surface area contributed by atoms with Crippen molar-refractivity contribution in [1.29, 1.82) is 0 Å². The highest BCUT2D eigenvalue weighted by Crippen LogP contribution is 2.34. The quantitative estimate of drug-likeness (QED) is 0.246. The first-order valence-electron chi connectivity index (χ1n) is 11.3. The van der Waals surface area contributed by atoms with Gasteiger partial charge in [0.15, 0.2) is 5.78 Å². The third-order valence-electron chi connectivity index (χ3n) is 5.17. The van der Waals surface area contributed by atoms with Gasteiger partial charge < -0.3 is 10.1 Å². The first-order valence-corrected chi connectivity index (χ1v) is 11.3. The number of rotatable bonds is 6. The van der Waals surface area contributed by atoms with Crippen LogP contribution in [0.4, 0.5) is 42.5 Å². The van der Waals surface area contributed by atoms with E-state index in [-0.39, 0.29) is 22.5 Å². The van der Waals surface area contributed by atoms with E-state index in [1.54, 1.807) is 32.9 Å². The van der Waals surface area contributed by atoms with Crippen molar-refractivity contribution < 1.29 is 40.7 Å². The number of carbonyl (C=O) groups is 2. The number of ketones is 1. The van der Waals surface area contributed by atoms with E-state index in [0.717, 1.165) is 36.4 Å². The lowest BCUT2D eigenvalue weighted by Crippen LogP contribution is -2.28. The van der Waals surface area contributed by atoms with Crippen molar-refractivity contribution in [2.45, 2.75) is 44.8 Å². The number of hydrogen-bond acceptors (Lipinski definition) is 4. The summed E-state index contributed by atoms with van der Waals surface area (Å²) < 4.78 is 84.3. The molecule has 0 radical (unpaired) electrons. The van der Waals surface area contributed by atoms with E-state index in [1.165, 1.54) is 18.2 Å². The van der Waals surface area contributed by atoms with Crippen molar-refractivity contribution in [3.63, 3.8) is 0 Å². The summed E-state index contributed by atoms with van der Waals surface area (Å²) in [5.74, 6) is -0.831. The highest BCUT2D eigenvalue weighted by atomic mass is 19.4. The second-order valence-corrected chi connectivity index (χ2v) is 9.31. The van der Waals surface area contributed by atoms with Crippen LogP contribution in [0.25, 0.3) is 0 Å². The number of amides is 1. The van der Waals surface area contributed by atoms with Crippen LogP contribution in [-0.2, 0) is 17.1 Å². The average Bonchev–Trinajstić information content (AvgIpc) is 2.81. The molecule has 0 saturated carbocycles. The third-order valence-corrected chi connectivity index (χ3v) is 5.17. The molecule has 0 aliphatic heterocycles. The highest BCUT2D eigenvalue weighted by molar-refractivity contribution is 6.03. The molecule has 5 nitrogen and oxygen atoms in total. The number of para-hydroxylation sites is 2. The molecule has 1 amide bonds. The van der Waals surface area contributed by atoms with Crippen molar-refractivity contribution in [3.8, 4) is 0 Å². The van der Waals surface area contributed by atoms with Crippen LogP contribution in [0.3, 0.4) is 0 Å². The minimum atomic E-state index is -4.71. The number of Topliss-reactive ketones (excluding diaryl/α,β-unsaturated/α-hetero) is 1. The lowest BCUT2D eigenvalue weighted by molar-refractivity contribution is -0.138. The predicted molar refractivity (Wildman–Crippen MR) is 130 cm³/mol. The Morgan fingerprint density at radius 1 is 0.737 bits per heavy atom. The number of alkyl halides is 6. The summed E-state index contributed by atoms with van der Waals surface area (Å²) in [7, 11) is 0. The Hall–Kier alpha value is -4.02. The van der Waals surface area contributed by atoms with Crippen molar-refractivity contribution in [2.75, 3.05) is 10.6 Å². The molecule has 38 heavy (non-hydrogen) atoms. The van der Waals surface area contributed by atoms with Gasteiger partial charge in [-0.25, -0.2) is 4.79 Å². The second kappa shape index (κ2) is 10.8. The van der Waals surface area contributed by atoms with Gasteiger partial charge in [0, 0.05) is 5.56 Å². The fourth-order valence-corrected chi connectivity index (χ4v) is 3.47. The Kier molecular flexibility index (Phi) is 8.09. The van der Waals surface area contributed by atoms with Crippen LogP contribution in [0.5, 0.6) is 0 Å². The maximum atomic E-state index is 13.5. The van der Waals surface area contributed by atoms with Crippen LogP contribution in [0.1, 0.15) is 53.9 Å². The van der Waals surface area contributed by atoms with Gasteiger partial charge in [-0.3, -0.25) is 10.1 Å². The van der Waals surface area contributed by atoms with Gasteiger partial charge in [-0.15, -0.1) is 0 Å². The molecular weight excluding hydrogens is 514 g/mol. The molecule has 0 bridgehead atoms. The van der Waals surface area contributed by atoms with Gasteiger partial charge in [0.1, 0.15) is 11.6 Å². The van der Waals surface area contributed by atoms with Gasteiger partial charge in [-0.05, 0) is 62.7 Å². The van der Waals surface area contributed by atoms with Gasteiger partial charge in [-0.1, -0.05) is 36.4 Å². The van der Waals surface area contributed by atoms with E-state index >= 15 is 0 Å². The topological polar surface area (TPSA) is 67.4 Å². The number of carbonyl (C=O) groups excluding carboxylic acids is 2. The molecular formula is C27H24F6N2O3. The van der Waals surface area contributed by atoms with Gasteiger partial charge >= 0.3 is 18.4 Å². The van der Waals surface area contributed by atoms with Crippen LogP contribution < -0.4 is 10.6 Å². The van der Waals surface area contributed by atoms with Crippen LogP contribution in [0.15, 0.2) is 72.8 Å². The maximum Gasteiger partial charge on any atom is 0.416 e. The molecule has 2 N–H and O–H groups in total. The molecule has 0 heterocycles. The normalized spacial score (nSPS) is 13.0. The molecule has 3 rings (SSSR count). The van der Waals surface area contributed by atoms with Crippen LogP contribution in [0.2, 0.25) is 0 Å². The third kappa shape index (κ3) is 7.50. The summed E-state index contributed by atoms with van der Waals surface area (Å²) in [6.45, 7) is 4.97. The SMILES string of the molecule is CC(C)(C)OC(=O)Nc1ccccc1NC(C(=O)c1cccc(C(F)(F)F)c1)c1ccc(C(F)(F)F)cc1. The van der Waals surface area contributed by atoms with Crippen molar-refractivity contribution in [2.24, 2.45) is 0 Å². The minimum absolute atomic E-state index is 0.0625. The molecule has 202 valence electrons. The van der Waals surface area contributed by atoms with E-state index in [2.05, 4.69) is 10.6 Å². The summed E-state index contributed by atoms with van der Waals surface area (Å²) in [6, 6.07) is 12.1. The lowest BCUT2D eigenvalue weighted by atomic mass is 9.95. The zero-order chi connectivity index (χ0) is 28.3. The molecule has 11 heteroatoms. The van der Waals surface area contributed by atoms with Crippen molar-refractivity contribution in [1.82, 2.24) is 0 Å². The summed E-state index contributed by atoms with van der Waals surface area (Å²) in [4.78, 5) is 25.8. The Morgan fingerprint density at radius 2 is 1.32 bits per heavy atom. The van der Waals surface area contributed by atoms with Gasteiger partial charge in [0.25, 0.3) is 0 Å². The first-order chi connectivity index (χ1) is 17.5. The van der Waals surface area contributed by atoms with Gasteiger partial charge in [-0.2, -0.15) is 26.3 Å². The summed E-state index contributed by atoms with van der Waals surface area (Å²) in [5.41, 5.74) is -2.71. The molecule has 0 aromatic heterocycles. The molecule has 3 aromatic rings. The van der Waals surface area contributed by atoms with E-state index < -0.39 is 47.0 Å². The van der Waals surface area contributed by atoms with Crippen LogP contribution in [-0.4, -0.2) is 17.5 Å². The molecule has 0 aliphatic rings. The van der Waals surface area contributed by atoms with E-state index in [4.69, 9.17) is 4.74 Å². The number of anilines is 2. The fourth-order valence-electron chi connectivity index (χ4n) is 3.47. The van der Waals surface area contributed by atoms with E-state index in [0.29, 0.717) is 6.07 Å².